The average molecular weight is 367 g/mol. The number of carbonyl (C=O) groups excluding carboxylic acids is 1. The van der Waals surface area contributed by atoms with Gasteiger partial charge in [0.25, 0.3) is 5.22 Å². The van der Waals surface area contributed by atoms with Crippen molar-refractivity contribution in [2.45, 2.75) is 44.9 Å². The van der Waals surface area contributed by atoms with E-state index >= 15 is 0 Å². The second-order valence-corrected chi connectivity index (χ2v) is 7.71. The Labute approximate surface area is 156 Å². The Balaban J connectivity index is 1.46. The van der Waals surface area contributed by atoms with Crippen LogP contribution in [-0.4, -0.2) is 26.3 Å². The maximum absolute atomic E-state index is 12.7. The number of hydrogen-bond acceptors (Lipinski definition) is 5. The number of thioether (sulfide) groups is 1. The maximum Gasteiger partial charge on any atom is 0.277 e. The summed E-state index contributed by atoms with van der Waals surface area (Å²) in [4.78, 5) is 12.7. The fraction of sp³-hybridized carbons (Fsp3) is 0.350. The Kier molecular flexibility index (Phi) is 4.44. The molecule has 3 aromatic rings. The van der Waals surface area contributed by atoms with Gasteiger partial charge in [-0.15, -0.1) is 10.2 Å². The van der Waals surface area contributed by atoms with E-state index in [4.69, 9.17) is 4.42 Å². The Bertz CT molecular complexity index is 969. The highest BCUT2D eigenvalue weighted by Gasteiger charge is 2.28. The fourth-order valence-electron chi connectivity index (χ4n) is 3.35. The first-order valence-corrected chi connectivity index (χ1v) is 9.77. The molecule has 1 aromatic carbocycles. The van der Waals surface area contributed by atoms with Crippen molar-refractivity contribution in [1.29, 1.82) is 0 Å². The average Bonchev–Trinajstić information content (AvgIpc) is 3.26. The predicted octanol–water partition coefficient (Wildman–Crippen LogP) is 4.77. The second kappa shape index (κ2) is 6.76. The van der Waals surface area contributed by atoms with Gasteiger partial charge < -0.3 is 8.98 Å². The van der Waals surface area contributed by atoms with Gasteiger partial charge in [0.1, 0.15) is 0 Å². The molecule has 4 rings (SSSR count). The van der Waals surface area contributed by atoms with Crippen molar-refractivity contribution in [3.63, 3.8) is 0 Å². The molecule has 26 heavy (non-hydrogen) atoms. The molecule has 1 fully saturated rings. The van der Waals surface area contributed by atoms with Crippen molar-refractivity contribution in [2.75, 3.05) is 5.75 Å². The highest BCUT2D eigenvalue weighted by atomic mass is 32.2. The van der Waals surface area contributed by atoms with E-state index in [1.807, 2.05) is 44.2 Å². The van der Waals surface area contributed by atoms with Gasteiger partial charge in [-0.3, -0.25) is 4.79 Å². The number of hydrogen-bond donors (Lipinski definition) is 0. The minimum absolute atomic E-state index is 0.102. The van der Waals surface area contributed by atoms with Gasteiger partial charge in [-0.2, -0.15) is 0 Å². The molecule has 0 atom stereocenters. The number of carbonyl (C=O) groups is 1. The van der Waals surface area contributed by atoms with Crippen molar-refractivity contribution in [1.82, 2.24) is 14.8 Å². The van der Waals surface area contributed by atoms with E-state index in [0.717, 1.165) is 28.1 Å². The van der Waals surface area contributed by atoms with Gasteiger partial charge in [0.2, 0.25) is 5.89 Å². The van der Waals surface area contributed by atoms with Crippen LogP contribution in [-0.2, 0) is 0 Å². The van der Waals surface area contributed by atoms with Crippen molar-refractivity contribution >= 4 is 17.5 Å². The van der Waals surface area contributed by atoms with Crippen LogP contribution in [0.5, 0.6) is 0 Å². The van der Waals surface area contributed by atoms with Gasteiger partial charge in [-0.05, 0) is 51.3 Å². The van der Waals surface area contributed by atoms with Crippen molar-refractivity contribution in [3.05, 3.63) is 52.8 Å². The van der Waals surface area contributed by atoms with Gasteiger partial charge in [0.15, 0.2) is 5.78 Å². The molecule has 0 unspecified atom stereocenters. The molecule has 2 aromatic heterocycles. The Hall–Kier alpha value is -2.34. The van der Waals surface area contributed by atoms with Crippen LogP contribution in [0, 0.1) is 20.8 Å². The third-order valence-corrected chi connectivity index (χ3v) is 5.62. The molecule has 5 nitrogen and oxygen atoms in total. The van der Waals surface area contributed by atoms with Crippen molar-refractivity contribution in [2.24, 2.45) is 0 Å². The van der Waals surface area contributed by atoms with Crippen LogP contribution in [0.3, 0.4) is 0 Å². The molecule has 0 aliphatic heterocycles. The highest BCUT2D eigenvalue weighted by Crippen LogP contribution is 2.38. The summed E-state index contributed by atoms with van der Waals surface area (Å²) in [6.07, 6.45) is 2.42. The number of aryl methyl sites for hydroxylation is 2. The number of Topliss-reactive ketones (excluding diaryl/α,β-unsaturated/α-hetero) is 1. The third kappa shape index (κ3) is 3.21. The fourth-order valence-corrected chi connectivity index (χ4v) is 4.00. The molecule has 1 aliphatic carbocycles. The lowest BCUT2D eigenvalue weighted by molar-refractivity contribution is 0.102. The second-order valence-electron chi connectivity index (χ2n) is 6.79. The smallest absolute Gasteiger partial charge is 0.277 e. The van der Waals surface area contributed by atoms with Gasteiger partial charge in [-0.1, -0.05) is 30.0 Å². The SMILES string of the molecule is Cc1ccccc1-c1nnc(SCC(=O)c2cc(C)n(C3CC3)c2C)o1. The number of ketones is 1. The minimum Gasteiger partial charge on any atom is -0.411 e. The van der Waals surface area contributed by atoms with E-state index in [0.29, 0.717) is 22.9 Å². The lowest BCUT2D eigenvalue weighted by Crippen LogP contribution is -2.05. The lowest BCUT2D eigenvalue weighted by Gasteiger charge is -2.07. The molecule has 0 amide bonds. The molecule has 6 heteroatoms. The van der Waals surface area contributed by atoms with E-state index in [2.05, 4.69) is 21.7 Å². The Morgan fingerprint density at radius 3 is 2.73 bits per heavy atom. The van der Waals surface area contributed by atoms with Gasteiger partial charge >= 0.3 is 0 Å². The standard InChI is InChI=1S/C20H21N3O2S/c1-12-6-4-5-7-16(12)19-21-22-20(25-19)26-11-18(24)17-10-13(2)23(14(17)3)15-8-9-15/h4-7,10,15H,8-9,11H2,1-3H3. The van der Waals surface area contributed by atoms with Gasteiger partial charge in [0.05, 0.1) is 5.75 Å². The molecule has 1 aliphatic rings. The first-order chi connectivity index (χ1) is 12.5. The number of rotatable bonds is 6. The summed E-state index contributed by atoms with van der Waals surface area (Å²) in [5.41, 5.74) is 5.04. The van der Waals surface area contributed by atoms with Crippen LogP contribution in [0.15, 0.2) is 40.0 Å². The van der Waals surface area contributed by atoms with Gasteiger partial charge in [-0.25, -0.2) is 0 Å². The summed E-state index contributed by atoms with van der Waals surface area (Å²) in [7, 11) is 0. The first kappa shape index (κ1) is 17.1. The highest BCUT2D eigenvalue weighted by molar-refractivity contribution is 7.99. The molecular formula is C20H21N3O2S. The number of aromatic nitrogens is 3. The molecule has 2 heterocycles. The summed E-state index contributed by atoms with van der Waals surface area (Å²) in [5, 5.41) is 8.61. The van der Waals surface area contributed by atoms with E-state index in [-0.39, 0.29) is 5.78 Å². The van der Waals surface area contributed by atoms with Crippen LogP contribution in [0.1, 0.15) is 46.2 Å². The third-order valence-electron chi connectivity index (χ3n) is 4.81. The molecule has 1 saturated carbocycles. The zero-order valence-electron chi connectivity index (χ0n) is 15.2. The number of nitrogens with zero attached hydrogens (tertiary/aromatic N) is 3. The normalized spacial score (nSPS) is 14.0. The lowest BCUT2D eigenvalue weighted by atomic mass is 10.1. The largest absolute Gasteiger partial charge is 0.411 e. The molecule has 0 N–H and O–H groups in total. The topological polar surface area (TPSA) is 60.9 Å². The summed E-state index contributed by atoms with van der Waals surface area (Å²) in [6.45, 7) is 6.11. The van der Waals surface area contributed by atoms with E-state index < -0.39 is 0 Å². The predicted molar refractivity (Wildman–Crippen MR) is 102 cm³/mol. The van der Waals surface area contributed by atoms with Crippen molar-refractivity contribution < 1.29 is 9.21 Å². The zero-order valence-corrected chi connectivity index (χ0v) is 16.0. The quantitative estimate of drug-likeness (QED) is 0.464. The van der Waals surface area contributed by atoms with Crippen LogP contribution in [0.4, 0.5) is 0 Å². The van der Waals surface area contributed by atoms with Crippen LogP contribution in [0.25, 0.3) is 11.5 Å². The molecule has 0 bridgehead atoms. The minimum atomic E-state index is 0.102. The summed E-state index contributed by atoms with van der Waals surface area (Å²) in [5.74, 6) is 0.889. The first-order valence-electron chi connectivity index (χ1n) is 8.78. The van der Waals surface area contributed by atoms with Crippen LogP contribution < -0.4 is 0 Å². The van der Waals surface area contributed by atoms with E-state index in [1.165, 1.54) is 24.6 Å². The monoisotopic (exact) mass is 367 g/mol. The van der Waals surface area contributed by atoms with Gasteiger partial charge in [0, 0.05) is 28.6 Å². The summed E-state index contributed by atoms with van der Waals surface area (Å²) in [6, 6.07) is 10.5. The zero-order chi connectivity index (χ0) is 18.3. The molecular weight excluding hydrogens is 346 g/mol. The summed E-state index contributed by atoms with van der Waals surface area (Å²) >= 11 is 1.29. The Morgan fingerprint density at radius 1 is 1.23 bits per heavy atom. The van der Waals surface area contributed by atoms with Crippen LogP contribution in [0.2, 0.25) is 0 Å². The van der Waals surface area contributed by atoms with E-state index in [1.54, 1.807) is 0 Å². The Morgan fingerprint density at radius 2 is 2.00 bits per heavy atom. The molecule has 0 spiro atoms. The maximum atomic E-state index is 12.7. The molecule has 134 valence electrons. The summed E-state index contributed by atoms with van der Waals surface area (Å²) < 4.78 is 8.02. The number of benzene rings is 1. The van der Waals surface area contributed by atoms with Crippen LogP contribution >= 0.6 is 11.8 Å². The van der Waals surface area contributed by atoms with Crippen molar-refractivity contribution in [3.8, 4) is 11.5 Å². The van der Waals surface area contributed by atoms with E-state index in [9.17, 15) is 4.79 Å². The molecule has 0 radical (unpaired) electrons. The molecule has 0 saturated heterocycles.